The molecule has 0 saturated carbocycles. The Morgan fingerprint density at radius 1 is 1.21 bits per heavy atom. The van der Waals surface area contributed by atoms with Gasteiger partial charge in [0.2, 0.25) is 0 Å². The van der Waals surface area contributed by atoms with Gasteiger partial charge in [-0.1, -0.05) is 12.1 Å². The van der Waals surface area contributed by atoms with Gasteiger partial charge in [-0.05, 0) is 35.9 Å². The van der Waals surface area contributed by atoms with E-state index in [1.54, 1.807) is 13.3 Å². The summed E-state index contributed by atoms with van der Waals surface area (Å²) in [4.78, 5) is 4.45. The molecule has 0 atom stereocenters. The highest BCUT2D eigenvalue weighted by Gasteiger charge is 1.96. The number of aromatic amines is 1. The lowest BCUT2D eigenvalue weighted by Gasteiger charge is -1.99. The molecule has 94 valence electrons. The largest absolute Gasteiger partial charge is 0.497 e. The summed E-state index contributed by atoms with van der Waals surface area (Å²) in [5.41, 5.74) is 2.88. The van der Waals surface area contributed by atoms with E-state index >= 15 is 0 Å². The minimum Gasteiger partial charge on any atom is -0.497 e. The summed E-state index contributed by atoms with van der Waals surface area (Å²) in [6, 6.07) is 13.7. The quantitative estimate of drug-likeness (QED) is 0.726. The van der Waals surface area contributed by atoms with Gasteiger partial charge in [0.05, 0.1) is 24.5 Å². The number of nitrogens with one attached hydrogen (secondary N) is 1. The molecule has 4 nitrogen and oxygen atoms in total. The van der Waals surface area contributed by atoms with Crippen LogP contribution in [-0.4, -0.2) is 23.5 Å². The van der Waals surface area contributed by atoms with E-state index in [-0.39, 0.29) is 0 Å². The van der Waals surface area contributed by atoms with Crippen LogP contribution in [0.4, 0.5) is 5.69 Å². The summed E-state index contributed by atoms with van der Waals surface area (Å²) in [5.74, 6) is 0.827. The molecule has 0 aliphatic carbocycles. The van der Waals surface area contributed by atoms with Crippen molar-refractivity contribution < 1.29 is 4.74 Å². The molecule has 2 aromatic carbocycles. The fourth-order valence-corrected chi connectivity index (χ4v) is 1.88. The van der Waals surface area contributed by atoms with Crippen LogP contribution in [0.1, 0.15) is 5.56 Å². The van der Waals surface area contributed by atoms with E-state index in [9.17, 15) is 0 Å². The Morgan fingerprint density at radius 2 is 2.16 bits per heavy atom. The predicted octanol–water partition coefficient (Wildman–Crippen LogP) is 3.32. The molecule has 1 heterocycles. The van der Waals surface area contributed by atoms with E-state index in [0.717, 1.165) is 27.9 Å². The predicted molar refractivity (Wildman–Crippen MR) is 76.3 cm³/mol. The van der Waals surface area contributed by atoms with Gasteiger partial charge >= 0.3 is 0 Å². The SMILES string of the molecule is COc1cccc(C=Nc2ccc3cn[nH]c3c2)c1. The molecule has 1 aromatic heterocycles. The highest BCUT2D eigenvalue weighted by molar-refractivity contribution is 5.85. The van der Waals surface area contributed by atoms with Crippen molar-refractivity contribution in [3.8, 4) is 5.75 Å². The lowest BCUT2D eigenvalue weighted by atomic mass is 10.2. The molecular formula is C15H13N3O. The third kappa shape index (κ3) is 2.47. The Hall–Kier alpha value is -2.62. The first-order chi connectivity index (χ1) is 9.35. The zero-order valence-corrected chi connectivity index (χ0v) is 10.5. The van der Waals surface area contributed by atoms with Gasteiger partial charge < -0.3 is 4.74 Å². The molecule has 0 aliphatic heterocycles. The average Bonchev–Trinajstić information content (AvgIpc) is 2.93. The number of aromatic nitrogens is 2. The molecule has 19 heavy (non-hydrogen) atoms. The van der Waals surface area contributed by atoms with Crippen LogP contribution >= 0.6 is 0 Å². The molecule has 0 unspecified atom stereocenters. The van der Waals surface area contributed by atoms with Crippen LogP contribution in [0.3, 0.4) is 0 Å². The first-order valence-corrected chi connectivity index (χ1v) is 5.96. The topological polar surface area (TPSA) is 50.3 Å². The molecule has 0 bridgehead atoms. The fourth-order valence-electron chi connectivity index (χ4n) is 1.88. The normalized spacial score (nSPS) is 11.2. The highest BCUT2D eigenvalue weighted by atomic mass is 16.5. The Morgan fingerprint density at radius 3 is 3.05 bits per heavy atom. The minimum atomic E-state index is 0.827. The monoisotopic (exact) mass is 251 g/mol. The molecule has 0 spiro atoms. The van der Waals surface area contributed by atoms with Crippen molar-refractivity contribution in [2.45, 2.75) is 0 Å². The number of ether oxygens (including phenoxy) is 1. The number of nitrogens with zero attached hydrogens (tertiary/aromatic N) is 2. The smallest absolute Gasteiger partial charge is 0.119 e. The van der Waals surface area contributed by atoms with Gasteiger partial charge in [-0.3, -0.25) is 10.1 Å². The van der Waals surface area contributed by atoms with E-state index in [2.05, 4.69) is 15.2 Å². The number of rotatable bonds is 3. The standard InChI is InChI=1S/C15H13N3O/c1-19-14-4-2-3-11(7-14)9-16-13-6-5-12-10-17-18-15(12)8-13/h2-10H,1H3,(H,17,18). The first-order valence-electron chi connectivity index (χ1n) is 5.96. The summed E-state index contributed by atoms with van der Waals surface area (Å²) in [6.07, 6.45) is 3.62. The Kier molecular flexibility index (Phi) is 2.98. The molecule has 1 N–H and O–H groups in total. The van der Waals surface area contributed by atoms with E-state index in [1.807, 2.05) is 48.7 Å². The number of aliphatic imine (C=N–C) groups is 1. The van der Waals surface area contributed by atoms with Gasteiger partial charge in [0, 0.05) is 11.6 Å². The molecule has 0 fully saturated rings. The average molecular weight is 251 g/mol. The van der Waals surface area contributed by atoms with Crippen molar-refractivity contribution in [3.05, 3.63) is 54.2 Å². The van der Waals surface area contributed by atoms with Crippen molar-refractivity contribution in [3.63, 3.8) is 0 Å². The summed E-state index contributed by atoms with van der Waals surface area (Å²) < 4.78 is 5.18. The van der Waals surface area contributed by atoms with Gasteiger partial charge in [-0.25, -0.2) is 0 Å². The van der Waals surface area contributed by atoms with Crippen LogP contribution in [0.25, 0.3) is 10.9 Å². The summed E-state index contributed by atoms with van der Waals surface area (Å²) in [5, 5.41) is 8.01. The van der Waals surface area contributed by atoms with Gasteiger partial charge in [0.1, 0.15) is 5.75 Å². The maximum atomic E-state index is 5.18. The third-order valence-corrected chi connectivity index (χ3v) is 2.88. The van der Waals surface area contributed by atoms with Crippen molar-refractivity contribution in [1.82, 2.24) is 10.2 Å². The molecular weight excluding hydrogens is 238 g/mol. The Labute approximate surface area is 110 Å². The lowest BCUT2D eigenvalue weighted by Crippen LogP contribution is -1.85. The van der Waals surface area contributed by atoms with E-state index in [4.69, 9.17) is 4.74 Å². The van der Waals surface area contributed by atoms with Crippen molar-refractivity contribution in [2.75, 3.05) is 7.11 Å². The van der Waals surface area contributed by atoms with Crippen molar-refractivity contribution >= 4 is 22.8 Å². The van der Waals surface area contributed by atoms with Gasteiger partial charge in [0.15, 0.2) is 0 Å². The third-order valence-electron chi connectivity index (χ3n) is 2.88. The van der Waals surface area contributed by atoms with Crippen LogP contribution in [0, 0.1) is 0 Å². The Balaban J connectivity index is 1.88. The lowest BCUT2D eigenvalue weighted by molar-refractivity contribution is 0.415. The summed E-state index contributed by atoms with van der Waals surface area (Å²) in [7, 11) is 1.66. The maximum absolute atomic E-state index is 5.18. The van der Waals surface area contributed by atoms with Crippen LogP contribution in [0.2, 0.25) is 0 Å². The number of methoxy groups -OCH3 is 1. The zero-order valence-electron chi connectivity index (χ0n) is 10.5. The first kappa shape index (κ1) is 11.5. The van der Waals surface area contributed by atoms with Crippen molar-refractivity contribution in [1.29, 1.82) is 0 Å². The molecule has 4 heteroatoms. The second kappa shape index (κ2) is 4.94. The molecule has 0 aliphatic rings. The second-order valence-corrected chi connectivity index (χ2v) is 4.18. The van der Waals surface area contributed by atoms with E-state index in [1.165, 1.54) is 0 Å². The Bertz CT molecular complexity index is 731. The fraction of sp³-hybridized carbons (Fsp3) is 0.0667. The van der Waals surface area contributed by atoms with Gasteiger partial charge in [0.25, 0.3) is 0 Å². The zero-order chi connectivity index (χ0) is 13.1. The number of hydrogen-bond acceptors (Lipinski definition) is 3. The number of H-pyrrole nitrogens is 1. The molecule has 3 rings (SSSR count). The number of fused-ring (bicyclic) bond motifs is 1. The highest BCUT2D eigenvalue weighted by Crippen LogP contribution is 2.19. The number of benzene rings is 2. The van der Waals surface area contributed by atoms with Crippen LogP contribution < -0.4 is 4.74 Å². The maximum Gasteiger partial charge on any atom is 0.119 e. The van der Waals surface area contributed by atoms with Crippen molar-refractivity contribution in [2.24, 2.45) is 4.99 Å². The number of hydrogen-bond donors (Lipinski definition) is 1. The molecule has 0 amide bonds. The summed E-state index contributed by atoms with van der Waals surface area (Å²) >= 11 is 0. The van der Waals surface area contributed by atoms with Crippen LogP contribution in [0.5, 0.6) is 5.75 Å². The second-order valence-electron chi connectivity index (χ2n) is 4.18. The summed E-state index contributed by atoms with van der Waals surface area (Å²) in [6.45, 7) is 0. The molecule has 3 aromatic rings. The van der Waals surface area contributed by atoms with E-state index < -0.39 is 0 Å². The van der Waals surface area contributed by atoms with Gasteiger partial charge in [-0.15, -0.1) is 0 Å². The molecule has 0 radical (unpaired) electrons. The van der Waals surface area contributed by atoms with Crippen LogP contribution in [0.15, 0.2) is 53.7 Å². The van der Waals surface area contributed by atoms with E-state index in [0.29, 0.717) is 0 Å². The van der Waals surface area contributed by atoms with Crippen LogP contribution in [-0.2, 0) is 0 Å². The van der Waals surface area contributed by atoms with Gasteiger partial charge in [-0.2, -0.15) is 5.10 Å². The minimum absolute atomic E-state index is 0.827. The molecule has 0 saturated heterocycles.